The highest BCUT2D eigenvalue weighted by atomic mass is 32.7. The quantitative estimate of drug-likeness (QED) is 0.548. The fourth-order valence-corrected chi connectivity index (χ4v) is 3.92. The number of hydrogen-bond donors (Lipinski definition) is 0. The molecule has 1 unspecified atom stereocenters. The van der Waals surface area contributed by atoms with Crippen molar-refractivity contribution in [3.05, 3.63) is 0 Å². The molecule has 14 heavy (non-hydrogen) atoms. The van der Waals surface area contributed by atoms with Gasteiger partial charge >= 0.3 is 0 Å². The maximum Gasteiger partial charge on any atom is 0.123 e. The summed E-state index contributed by atoms with van der Waals surface area (Å²) in [4.78, 5) is 0. The van der Waals surface area contributed by atoms with E-state index in [1.807, 2.05) is 25.2 Å². The van der Waals surface area contributed by atoms with Crippen LogP contribution in [0.25, 0.3) is 0 Å². The monoisotopic (exact) mass is 234 g/mol. The van der Waals surface area contributed by atoms with Gasteiger partial charge in [-0.2, -0.15) is 0 Å². The van der Waals surface area contributed by atoms with E-state index in [-0.39, 0.29) is 13.0 Å². The zero-order valence-corrected chi connectivity index (χ0v) is 10.9. The van der Waals surface area contributed by atoms with E-state index >= 15 is 0 Å². The van der Waals surface area contributed by atoms with Gasteiger partial charge in [0.05, 0.1) is 5.60 Å². The predicted molar refractivity (Wildman–Crippen MR) is 64.3 cm³/mol. The molecule has 0 spiro atoms. The fraction of sp³-hybridized carbons (Fsp3) is 1.00. The van der Waals surface area contributed by atoms with Crippen LogP contribution >= 0.6 is 18.5 Å². The van der Waals surface area contributed by atoms with E-state index in [0.717, 1.165) is 5.75 Å². The lowest BCUT2D eigenvalue weighted by molar-refractivity contribution is 0.00336. The fourth-order valence-electron chi connectivity index (χ4n) is 1.53. The van der Waals surface area contributed by atoms with Crippen LogP contribution in [-0.4, -0.2) is 44.7 Å². The number of halogens is 1. The summed E-state index contributed by atoms with van der Waals surface area (Å²) in [6, 6.07) is -0.740. The van der Waals surface area contributed by atoms with Crippen molar-refractivity contribution in [1.29, 1.82) is 0 Å². The number of ether oxygens (including phenoxy) is 1. The molecule has 0 aliphatic carbocycles. The summed E-state index contributed by atoms with van der Waals surface area (Å²) in [6.07, 6.45) is -1.03. The molecule has 0 N–H and O–H groups in total. The standard InChI is InChI=1S/C9H17BFOPS/c1-6-7(11)8(10)12-9(6,2)5-14-13(3)4/h6-8H,5H2,1-4H3/t6-,7?,8-,9-/m1/s1. The molecule has 0 saturated carbocycles. The van der Waals surface area contributed by atoms with E-state index in [9.17, 15) is 4.39 Å². The molecule has 0 amide bonds. The second-order valence-electron chi connectivity index (χ2n) is 4.21. The Hall–Kier alpha value is 0.735. The molecular formula is C9H17BFOPS. The summed E-state index contributed by atoms with van der Waals surface area (Å²) in [5.41, 5.74) is -0.393. The van der Waals surface area contributed by atoms with E-state index in [4.69, 9.17) is 12.6 Å². The van der Waals surface area contributed by atoms with E-state index in [1.165, 1.54) is 0 Å². The van der Waals surface area contributed by atoms with Crippen LogP contribution in [0.2, 0.25) is 0 Å². The van der Waals surface area contributed by atoms with Crippen LogP contribution < -0.4 is 0 Å². The molecule has 1 fully saturated rings. The third-order valence-corrected chi connectivity index (χ3v) is 5.92. The highest BCUT2D eigenvalue weighted by Gasteiger charge is 2.47. The first-order chi connectivity index (χ1) is 6.37. The summed E-state index contributed by atoms with van der Waals surface area (Å²) in [5.74, 6) is 0.723. The average Bonchev–Trinajstić information content (AvgIpc) is 2.28. The van der Waals surface area contributed by atoms with Crippen LogP contribution in [0.4, 0.5) is 4.39 Å². The summed E-state index contributed by atoms with van der Waals surface area (Å²) in [5, 5.41) is 0. The van der Waals surface area contributed by atoms with Gasteiger partial charge in [0, 0.05) is 17.7 Å². The normalized spacial score (nSPS) is 43.4. The lowest BCUT2D eigenvalue weighted by Gasteiger charge is -2.29. The zero-order valence-electron chi connectivity index (χ0n) is 9.16. The van der Waals surface area contributed by atoms with Crippen LogP contribution in [-0.2, 0) is 4.74 Å². The van der Waals surface area contributed by atoms with Gasteiger partial charge in [0.1, 0.15) is 14.0 Å². The first kappa shape index (κ1) is 12.8. The van der Waals surface area contributed by atoms with Gasteiger partial charge in [-0.25, -0.2) is 4.39 Å². The molecule has 1 nitrogen and oxygen atoms in total. The van der Waals surface area contributed by atoms with Crippen molar-refractivity contribution in [3.63, 3.8) is 0 Å². The number of rotatable bonds is 3. The minimum Gasteiger partial charge on any atom is -0.378 e. The lowest BCUT2D eigenvalue weighted by Crippen LogP contribution is -2.34. The van der Waals surface area contributed by atoms with Crippen molar-refractivity contribution >= 4 is 26.4 Å². The summed E-state index contributed by atoms with van der Waals surface area (Å²) in [6.45, 7) is 8.22. The highest BCUT2D eigenvalue weighted by Crippen LogP contribution is 2.48. The van der Waals surface area contributed by atoms with Crippen LogP contribution in [0, 0.1) is 5.92 Å². The first-order valence-electron chi connectivity index (χ1n) is 4.74. The molecule has 1 aliphatic rings. The summed E-state index contributed by atoms with van der Waals surface area (Å²) >= 11 is 1.85. The second-order valence-corrected chi connectivity index (χ2v) is 9.35. The van der Waals surface area contributed by atoms with Gasteiger partial charge in [0.15, 0.2) is 0 Å². The number of alkyl halides is 1. The Morgan fingerprint density at radius 3 is 2.50 bits per heavy atom. The Bertz CT molecular complexity index is 207. The maximum absolute atomic E-state index is 13.5. The van der Waals surface area contributed by atoms with E-state index < -0.39 is 17.8 Å². The SMILES string of the molecule is [B][C@@H]1O[C@](C)(CSP(C)C)[C@H](C)C1F. The van der Waals surface area contributed by atoms with Gasteiger partial charge in [0.25, 0.3) is 0 Å². The molecule has 1 heterocycles. The molecule has 1 aliphatic heterocycles. The largest absolute Gasteiger partial charge is 0.378 e. The van der Waals surface area contributed by atoms with Gasteiger partial charge in [-0.1, -0.05) is 14.0 Å². The molecule has 80 valence electrons. The molecule has 0 aromatic heterocycles. The predicted octanol–water partition coefficient (Wildman–Crippen LogP) is 2.63. The maximum atomic E-state index is 13.5. The van der Waals surface area contributed by atoms with E-state index in [1.54, 1.807) is 0 Å². The summed E-state index contributed by atoms with van der Waals surface area (Å²) < 4.78 is 19.0. The van der Waals surface area contributed by atoms with Gasteiger partial charge < -0.3 is 4.74 Å². The van der Waals surface area contributed by atoms with E-state index in [2.05, 4.69) is 13.3 Å². The Labute approximate surface area is 92.5 Å². The third kappa shape index (κ3) is 2.65. The van der Waals surface area contributed by atoms with Gasteiger partial charge in [-0.05, 0) is 20.3 Å². The van der Waals surface area contributed by atoms with Crippen molar-refractivity contribution in [3.8, 4) is 0 Å². The number of hydrogen-bond acceptors (Lipinski definition) is 2. The topological polar surface area (TPSA) is 9.23 Å². The molecule has 4 atom stereocenters. The van der Waals surface area contributed by atoms with Crippen LogP contribution in [0.1, 0.15) is 13.8 Å². The minimum absolute atomic E-state index is 0.0227. The van der Waals surface area contributed by atoms with Crippen LogP contribution in [0.15, 0.2) is 0 Å². The molecule has 0 aromatic carbocycles. The first-order valence-corrected chi connectivity index (χ1v) is 8.57. The van der Waals surface area contributed by atoms with Crippen molar-refractivity contribution in [1.82, 2.24) is 0 Å². The Kier molecular flexibility index (Phi) is 4.31. The molecule has 0 aromatic rings. The smallest absolute Gasteiger partial charge is 0.123 e. The van der Waals surface area contributed by atoms with Gasteiger partial charge in [-0.15, -0.1) is 11.4 Å². The third-order valence-electron chi connectivity index (χ3n) is 2.77. The van der Waals surface area contributed by atoms with Crippen LogP contribution in [0.5, 0.6) is 0 Å². The molecule has 2 radical (unpaired) electrons. The second kappa shape index (κ2) is 4.72. The molecule has 1 rings (SSSR count). The molecule has 5 heteroatoms. The zero-order chi connectivity index (χ0) is 10.9. The Morgan fingerprint density at radius 1 is 1.57 bits per heavy atom. The van der Waals surface area contributed by atoms with Crippen LogP contribution in [0.3, 0.4) is 0 Å². The van der Waals surface area contributed by atoms with Crippen molar-refractivity contribution in [2.75, 3.05) is 19.1 Å². The minimum atomic E-state index is -1.03. The molecule has 0 bridgehead atoms. The Balaban J connectivity index is 2.57. The van der Waals surface area contributed by atoms with Crippen molar-refractivity contribution < 1.29 is 9.13 Å². The Morgan fingerprint density at radius 2 is 2.14 bits per heavy atom. The van der Waals surface area contributed by atoms with Gasteiger partial charge in [0.2, 0.25) is 0 Å². The summed E-state index contributed by atoms with van der Waals surface area (Å²) in [7, 11) is 5.53. The lowest BCUT2D eigenvalue weighted by atomic mass is 9.86. The van der Waals surface area contributed by atoms with Gasteiger partial charge in [-0.3, -0.25) is 0 Å². The van der Waals surface area contributed by atoms with Crippen molar-refractivity contribution in [2.24, 2.45) is 5.92 Å². The molecule has 1 saturated heterocycles. The highest BCUT2D eigenvalue weighted by molar-refractivity contribution is 8.55. The average molecular weight is 234 g/mol. The van der Waals surface area contributed by atoms with E-state index in [0.29, 0.717) is 0 Å². The van der Waals surface area contributed by atoms with Crippen molar-refractivity contribution in [2.45, 2.75) is 31.6 Å². The molecular weight excluding hydrogens is 217 g/mol.